The Morgan fingerprint density at radius 1 is 0.661 bits per heavy atom. The molecule has 56 heavy (non-hydrogen) atoms. The van der Waals surface area contributed by atoms with E-state index in [2.05, 4.69) is 121 Å². The molecule has 5 aromatic heterocycles. The summed E-state index contributed by atoms with van der Waals surface area (Å²) >= 11 is 0. The molecule has 5 heterocycles. The van der Waals surface area contributed by atoms with E-state index in [-0.39, 0.29) is 21.1 Å². The number of rotatable bonds is 5. The van der Waals surface area contributed by atoms with Crippen LogP contribution in [0.5, 0.6) is 11.5 Å². The molecule has 11 aromatic rings. The average Bonchev–Trinajstić information content (AvgIpc) is 3.93. The molecule has 0 fully saturated rings. The summed E-state index contributed by atoms with van der Waals surface area (Å²) in [5, 5.41) is 10.1. The molecule has 7 nitrogen and oxygen atoms in total. The zero-order valence-electron chi connectivity index (χ0n) is 30.7. The summed E-state index contributed by atoms with van der Waals surface area (Å²) in [4.78, 5) is 10.2. The number of fused-ring (bicyclic) bond motifs is 12. The monoisotopic (exact) mass is 903 g/mol. The molecule has 6 aromatic carbocycles. The maximum absolute atomic E-state index is 7.01. The summed E-state index contributed by atoms with van der Waals surface area (Å²) in [5.74, 6) is 1.12. The van der Waals surface area contributed by atoms with E-state index >= 15 is 0 Å². The Kier molecular flexibility index (Phi) is 7.91. The van der Waals surface area contributed by atoms with E-state index in [0.717, 1.165) is 82.9 Å². The van der Waals surface area contributed by atoms with E-state index in [1.165, 1.54) is 16.7 Å². The Hall–Kier alpha value is -6.56. The van der Waals surface area contributed by atoms with Crippen molar-refractivity contribution in [1.29, 1.82) is 0 Å². The molecule has 0 N–H and O–H groups in total. The molecule has 0 bridgehead atoms. The van der Waals surface area contributed by atoms with Crippen LogP contribution >= 0.6 is 0 Å². The van der Waals surface area contributed by atoms with Crippen molar-refractivity contribution in [1.82, 2.24) is 28.7 Å². The molecule has 0 aliphatic heterocycles. The van der Waals surface area contributed by atoms with Crippen LogP contribution in [-0.2, 0) is 21.1 Å². The van der Waals surface area contributed by atoms with Gasteiger partial charge >= 0.3 is 21.1 Å². The number of benzene rings is 6. The third-order valence-electron chi connectivity index (χ3n) is 10.6. The predicted molar refractivity (Wildman–Crippen MR) is 221 cm³/mol. The van der Waals surface area contributed by atoms with Crippen molar-refractivity contribution >= 4 is 60.3 Å². The van der Waals surface area contributed by atoms with Gasteiger partial charge in [0.2, 0.25) is 0 Å². The Balaban J connectivity index is 0.00000384. The molecule has 0 saturated carbocycles. The van der Waals surface area contributed by atoms with Gasteiger partial charge in [0.15, 0.2) is 0 Å². The molecule has 0 unspecified atom stereocenters. The zero-order chi connectivity index (χ0) is 36.8. The first kappa shape index (κ1) is 34.0. The Bertz CT molecular complexity index is 3320. The van der Waals surface area contributed by atoms with Crippen LogP contribution in [0.1, 0.15) is 16.7 Å². The normalized spacial score (nSPS) is 11.7. The molecule has 0 radical (unpaired) electrons. The summed E-state index contributed by atoms with van der Waals surface area (Å²) < 4.78 is 13.3. The third kappa shape index (κ3) is 5.11. The summed E-state index contributed by atoms with van der Waals surface area (Å²) in [5.41, 5.74) is 13.0. The van der Waals surface area contributed by atoms with Gasteiger partial charge in [-0.15, -0.1) is 18.2 Å². The van der Waals surface area contributed by atoms with Gasteiger partial charge in [-0.25, -0.2) is 4.98 Å². The van der Waals surface area contributed by atoms with Crippen LogP contribution in [-0.4, -0.2) is 28.7 Å². The second-order valence-corrected chi connectivity index (χ2v) is 14.2. The van der Waals surface area contributed by atoms with Gasteiger partial charge in [0.25, 0.3) is 0 Å². The van der Waals surface area contributed by atoms with Crippen LogP contribution in [0.15, 0.2) is 140 Å². The second kappa shape index (κ2) is 13.0. The number of imidazole rings is 1. The van der Waals surface area contributed by atoms with Crippen LogP contribution in [0.4, 0.5) is 0 Å². The van der Waals surface area contributed by atoms with Gasteiger partial charge < -0.3 is 13.7 Å². The predicted octanol–water partition coefficient (Wildman–Crippen LogP) is 11.5. The van der Waals surface area contributed by atoms with Crippen LogP contribution in [0, 0.1) is 32.9 Å². The van der Waals surface area contributed by atoms with Crippen molar-refractivity contribution in [2.75, 3.05) is 0 Å². The van der Waals surface area contributed by atoms with Crippen molar-refractivity contribution in [2.24, 2.45) is 0 Å². The summed E-state index contributed by atoms with van der Waals surface area (Å²) in [6, 6.07) is 51.0. The van der Waals surface area contributed by atoms with Gasteiger partial charge in [-0.3, -0.25) is 9.67 Å². The average molecular weight is 904 g/mol. The number of hydrogen-bond acceptors (Lipinski definition) is 4. The number of para-hydroxylation sites is 4. The molecule has 0 aliphatic rings. The molecule has 270 valence electrons. The Morgan fingerprint density at radius 3 is 2.25 bits per heavy atom. The van der Waals surface area contributed by atoms with Crippen LogP contribution < -0.4 is 4.74 Å². The number of aryl methyl sites for hydroxylation is 3. The molecular formula is C48H32N6OPt. The van der Waals surface area contributed by atoms with Crippen molar-refractivity contribution in [3.8, 4) is 34.1 Å². The van der Waals surface area contributed by atoms with Crippen LogP contribution in [0.25, 0.3) is 82.9 Å². The third-order valence-corrected chi connectivity index (χ3v) is 10.6. The largest absolute Gasteiger partial charge is 2.00 e. The minimum atomic E-state index is 0. The number of aromatic nitrogens is 6. The van der Waals surface area contributed by atoms with Gasteiger partial charge in [-0.2, -0.15) is 11.2 Å². The van der Waals surface area contributed by atoms with Gasteiger partial charge in [0, 0.05) is 40.4 Å². The summed E-state index contributed by atoms with van der Waals surface area (Å²) in [7, 11) is 0. The smallest absolute Gasteiger partial charge is 0.501 e. The fourth-order valence-electron chi connectivity index (χ4n) is 8.52. The maximum Gasteiger partial charge on any atom is 2.00 e. The summed E-state index contributed by atoms with van der Waals surface area (Å²) in [6.45, 7) is 6.41. The molecule has 0 saturated heterocycles. The number of hydrogen-bond donors (Lipinski definition) is 0. The van der Waals surface area contributed by atoms with E-state index in [0.29, 0.717) is 11.5 Å². The minimum Gasteiger partial charge on any atom is -0.501 e. The number of ether oxygens (including phenoxy) is 1. The van der Waals surface area contributed by atoms with Crippen molar-refractivity contribution in [3.63, 3.8) is 0 Å². The van der Waals surface area contributed by atoms with Gasteiger partial charge in [0.1, 0.15) is 5.65 Å². The SMILES string of the molecule is Cc1cc(C)c(-c2ccn(-c3[c-]c(Oc4[c-]c5c(c6cccnc6n6c7ccccc7nc56)c5c6ccccc6n(-c6ccccc6)c45)ccc3)n2)c(C)c1.[Pt+2]. The topological polar surface area (TPSA) is 62.2 Å². The van der Waals surface area contributed by atoms with Crippen molar-refractivity contribution < 1.29 is 25.8 Å². The molecule has 0 amide bonds. The first-order valence-corrected chi connectivity index (χ1v) is 18.4. The quantitative estimate of drug-likeness (QED) is 0.128. The molecule has 0 atom stereocenters. The second-order valence-electron chi connectivity index (χ2n) is 14.2. The fourth-order valence-corrected chi connectivity index (χ4v) is 8.52. The first-order chi connectivity index (χ1) is 27.0. The summed E-state index contributed by atoms with van der Waals surface area (Å²) in [6.07, 6.45) is 3.83. The molecule has 8 heteroatoms. The molecular weight excluding hydrogens is 872 g/mol. The van der Waals surface area contributed by atoms with E-state index in [1.54, 1.807) is 0 Å². The van der Waals surface area contributed by atoms with Crippen LogP contribution in [0.2, 0.25) is 0 Å². The first-order valence-electron chi connectivity index (χ1n) is 18.4. The minimum absolute atomic E-state index is 0. The fraction of sp³-hybridized carbons (Fsp3) is 0.0625. The van der Waals surface area contributed by atoms with E-state index in [9.17, 15) is 0 Å². The molecule has 0 spiro atoms. The molecule has 0 aliphatic carbocycles. The van der Waals surface area contributed by atoms with Crippen molar-refractivity contribution in [2.45, 2.75) is 20.8 Å². The van der Waals surface area contributed by atoms with Gasteiger partial charge in [-0.05, 0) is 90.8 Å². The van der Waals surface area contributed by atoms with Gasteiger partial charge in [-0.1, -0.05) is 94.5 Å². The Morgan fingerprint density at radius 2 is 1.41 bits per heavy atom. The van der Waals surface area contributed by atoms with Crippen molar-refractivity contribution in [3.05, 3.63) is 169 Å². The zero-order valence-corrected chi connectivity index (χ0v) is 33.0. The van der Waals surface area contributed by atoms with Crippen LogP contribution in [0.3, 0.4) is 0 Å². The van der Waals surface area contributed by atoms with E-state index in [4.69, 9.17) is 19.8 Å². The number of pyridine rings is 2. The standard InChI is InChI=1S/C48H32N6O.Pt/c1-29-25-30(2)43(31(3)26-29)39-22-24-52(51-39)33-15-11-16-34(27-33)55-42-28-37-44(36-18-12-23-49-47(36)54-41-21-10-8-19-38(41)50-48(37)54)45-35-17-7-9-20-40(35)53(46(42)45)32-13-5-4-6-14-32;/h4-26H,1-3H3;/q-2;+2. The molecule has 11 rings (SSSR count). The van der Waals surface area contributed by atoms with E-state index in [1.807, 2.05) is 65.6 Å². The van der Waals surface area contributed by atoms with Gasteiger partial charge in [0.05, 0.1) is 28.1 Å². The number of nitrogens with zero attached hydrogens (tertiary/aromatic N) is 6. The maximum atomic E-state index is 7.01. The van der Waals surface area contributed by atoms with E-state index < -0.39 is 0 Å². The Labute approximate surface area is 336 Å².